The van der Waals surface area contributed by atoms with Crippen LogP contribution in [0.1, 0.15) is 31.4 Å². The fraction of sp³-hybridized carbons (Fsp3) is 0.318. The lowest BCUT2D eigenvalue weighted by Crippen LogP contribution is -2.68. The van der Waals surface area contributed by atoms with Gasteiger partial charge in [0.2, 0.25) is 5.91 Å². The van der Waals surface area contributed by atoms with Gasteiger partial charge in [-0.1, -0.05) is 56.3 Å². The topological polar surface area (TPSA) is 41.6 Å². The summed E-state index contributed by atoms with van der Waals surface area (Å²) in [5.41, 5.74) is 2.59. The van der Waals surface area contributed by atoms with E-state index in [0.29, 0.717) is 13.0 Å². The molecule has 2 aliphatic heterocycles. The summed E-state index contributed by atoms with van der Waals surface area (Å²) in [5.74, 6) is 0.911. The van der Waals surface area contributed by atoms with Crippen molar-refractivity contribution in [2.45, 2.75) is 31.3 Å². The molecule has 1 N–H and O–H groups in total. The third kappa shape index (κ3) is 2.25. The molecule has 0 aromatic heterocycles. The molecule has 134 valence electrons. The van der Waals surface area contributed by atoms with E-state index in [4.69, 9.17) is 4.74 Å². The van der Waals surface area contributed by atoms with E-state index in [1.165, 1.54) is 11.3 Å². The van der Waals surface area contributed by atoms with E-state index in [9.17, 15) is 4.79 Å². The molecule has 0 unspecified atom stereocenters. The van der Waals surface area contributed by atoms with Crippen LogP contribution >= 0.6 is 0 Å². The maximum absolute atomic E-state index is 12.4. The molecule has 4 heteroatoms. The van der Waals surface area contributed by atoms with Crippen molar-refractivity contribution in [1.82, 2.24) is 5.32 Å². The fourth-order valence-corrected chi connectivity index (χ4v) is 4.33. The minimum Gasteiger partial charge on any atom is -0.496 e. The number of hydrogen-bond acceptors (Lipinski definition) is 3. The molecular weight excluding hydrogens is 324 g/mol. The van der Waals surface area contributed by atoms with Gasteiger partial charge in [0.05, 0.1) is 7.11 Å². The second-order valence-electron chi connectivity index (χ2n) is 7.43. The lowest BCUT2D eigenvalue weighted by molar-refractivity contribution is -0.124. The molecule has 0 radical (unpaired) electrons. The van der Waals surface area contributed by atoms with Gasteiger partial charge in [0.25, 0.3) is 0 Å². The highest BCUT2D eigenvalue weighted by molar-refractivity contribution is 5.84. The zero-order chi connectivity index (χ0) is 18.4. The van der Waals surface area contributed by atoms with Crippen LogP contribution in [-0.2, 0) is 10.2 Å². The Morgan fingerprint density at radius 2 is 1.85 bits per heavy atom. The van der Waals surface area contributed by atoms with Crippen LogP contribution in [0.25, 0.3) is 6.08 Å². The smallest absolute Gasteiger partial charge is 0.223 e. The van der Waals surface area contributed by atoms with Crippen molar-refractivity contribution in [3.05, 3.63) is 65.7 Å². The summed E-state index contributed by atoms with van der Waals surface area (Å²) in [5, 5.41) is 3.30. The number of hydrogen-bond donors (Lipinski definition) is 1. The van der Waals surface area contributed by atoms with Crippen LogP contribution in [0.4, 0.5) is 5.69 Å². The maximum atomic E-state index is 12.4. The van der Waals surface area contributed by atoms with Crippen LogP contribution in [0.5, 0.6) is 5.75 Å². The molecule has 0 aliphatic carbocycles. The number of nitrogens with zero attached hydrogens (tertiary/aromatic N) is 1. The van der Waals surface area contributed by atoms with Gasteiger partial charge in [-0.25, -0.2) is 0 Å². The lowest BCUT2D eigenvalue weighted by atomic mass is 9.74. The summed E-state index contributed by atoms with van der Waals surface area (Å²) >= 11 is 0. The molecule has 4 rings (SSSR count). The van der Waals surface area contributed by atoms with Crippen LogP contribution in [0.3, 0.4) is 0 Å². The highest BCUT2D eigenvalue weighted by Crippen LogP contribution is 2.52. The Labute approximate surface area is 154 Å². The first kappa shape index (κ1) is 16.7. The van der Waals surface area contributed by atoms with Gasteiger partial charge in [-0.3, -0.25) is 4.79 Å². The van der Waals surface area contributed by atoms with E-state index < -0.39 is 5.66 Å². The van der Waals surface area contributed by atoms with E-state index in [2.05, 4.69) is 60.5 Å². The van der Waals surface area contributed by atoms with Crippen molar-refractivity contribution in [1.29, 1.82) is 0 Å². The largest absolute Gasteiger partial charge is 0.496 e. The van der Waals surface area contributed by atoms with Gasteiger partial charge >= 0.3 is 0 Å². The molecule has 1 saturated heterocycles. The van der Waals surface area contributed by atoms with Crippen LogP contribution < -0.4 is 15.0 Å². The number of rotatable bonds is 3. The van der Waals surface area contributed by atoms with Gasteiger partial charge in [-0.15, -0.1) is 0 Å². The van der Waals surface area contributed by atoms with Gasteiger partial charge in [0.15, 0.2) is 0 Å². The van der Waals surface area contributed by atoms with Crippen molar-refractivity contribution in [3.63, 3.8) is 0 Å². The van der Waals surface area contributed by atoms with Crippen LogP contribution in [0.15, 0.2) is 54.6 Å². The van der Waals surface area contributed by atoms with Crippen LogP contribution in [-0.4, -0.2) is 25.2 Å². The summed E-state index contributed by atoms with van der Waals surface area (Å²) < 4.78 is 5.48. The first-order valence-corrected chi connectivity index (χ1v) is 9.00. The average Bonchev–Trinajstić information content (AvgIpc) is 2.85. The van der Waals surface area contributed by atoms with E-state index >= 15 is 0 Å². The Morgan fingerprint density at radius 1 is 1.12 bits per heavy atom. The lowest BCUT2D eigenvalue weighted by Gasteiger charge is -2.49. The zero-order valence-electron chi connectivity index (χ0n) is 15.5. The highest BCUT2D eigenvalue weighted by atomic mass is 16.5. The Hall–Kier alpha value is -2.75. The molecule has 1 fully saturated rings. The third-order valence-corrected chi connectivity index (χ3v) is 5.78. The molecule has 0 bridgehead atoms. The Balaban J connectivity index is 1.85. The number of ether oxygens (including phenoxy) is 1. The normalized spacial score (nSPS) is 23.5. The van der Waals surface area contributed by atoms with E-state index in [0.717, 1.165) is 11.3 Å². The summed E-state index contributed by atoms with van der Waals surface area (Å²) in [6, 6.07) is 16.4. The SMILES string of the molecule is COc1ccccc1C=C[C@@]12NC(=O)CCN1c1ccccc1C2(C)C. The van der Waals surface area contributed by atoms with Crippen molar-refractivity contribution >= 4 is 17.7 Å². The second kappa shape index (κ2) is 5.90. The molecule has 4 nitrogen and oxygen atoms in total. The minimum absolute atomic E-state index is 0.0896. The quantitative estimate of drug-likeness (QED) is 0.919. The molecule has 0 saturated carbocycles. The number of carbonyl (C=O) groups excluding carboxylic acids is 1. The number of methoxy groups -OCH3 is 1. The van der Waals surface area contributed by atoms with E-state index in [1.807, 2.05) is 24.3 Å². The Kier molecular flexibility index (Phi) is 3.79. The maximum Gasteiger partial charge on any atom is 0.223 e. The van der Waals surface area contributed by atoms with Crippen molar-refractivity contribution in [2.24, 2.45) is 0 Å². The van der Waals surface area contributed by atoms with Gasteiger partial charge in [0, 0.05) is 29.6 Å². The first-order chi connectivity index (χ1) is 12.5. The zero-order valence-corrected chi connectivity index (χ0v) is 15.5. The number of para-hydroxylation sites is 2. The predicted molar refractivity (Wildman–Crippen MR) is 104 cm³/mol. The first-order valence-electron chi connectivity index (χ1n) is 9.00. The monoisotopic (exact) mass is 348 g/mol. The molecule has 2 aromatic carbocycles. The van der Waals surface area contributed by atoms with Gasteiger partial charge < -0.3 is 15.0 Å². The number of anilines is 1. The Bertz CT molecular complexity index is 887. The summed E-state index contributed by atoms with van der Waals surface area (Å²) in [7, 11) is 1.68. The molecule has 1 atom stereocenters. The summed E-state index contributed by atoms with van der Waals surface area (Å²) in [6.07, 6.45) is 4.70. The molecule has 2 aromatic rings. The molecule has 2 heterocycles. The minimum atomic E-state index is -0.590. The van der Waals surface area contributed by atoms with Crippen LogP contribution in [0, 0.1) is 0 Å². The number of carbonyl (C=O) groups is 1. The second-order valence-corrected chi connectivity index (χ2v) is 7.43. The third-order valence-electron chi connectivity index (χ3n) is 5.78. The summed E-state index contributed by atoms with van der Waals surface area (Å²) in [6.45, 7) is 5.11. The van der Waals surface area contributed by atoms with E-state index in [1.54, 1.807) is 7.11 Å². The average molecular weight is 348 g/mol. The fourth-order valence-electron chi connectivity index (χ4n) is 4.33. The van der Waals surface area contributed by atoms with Crippen molar-refractivity contribution < 1.29 is 9.53 Å². The number of fused-ring (bicyclic) bond motifs is 3. The molecule has 1 amide bonds. The number of benzene rings is 2. The highest BCUT2D eigenvalue weighted by Gasteiger charge is 2.57. The summed E-state index contributed by atoms with van der Waals surface area (Å²) in [4.78, 5) is 14.7. The molecular formula is C22H24N2O2. The standard InChI is InChI=1S/C22H24N2O2/c1-21(2)17-9-5-6-10-18(17)24-15-13-20(25)23-22(21,24)14-12-16-8-4-7-11-19(16)26-3/h4-12,14H,13,15H2,1-3H3,(H,23,25)/t22-/m1/s1. The Morgan fingerprint density at radius 3 is 2.65 bits per heavy atom. The van der Waals surface area contributed by atoms with E-state index in [-0.39, 0.29) is 11.3 Å². The predicted octanol–water partition coefficient (Wildman–Crippen LogP) is 3.72. The van der Waals surface area contributed by atoms with Crippen molar-refractivity contribution in [3.8, 4) is 5.75 Å². The molecule has 0 spiro atoms. The van der Waals surface area contributed by atoms with Gasteiger partial charge in [-0.2, -0.15) is 0 Å². The molecule has 26 heavy (non-hydrogen) atoms. The number of nitrogens with one attached hydrogen (secondary N) is 1. The van der Waals surface area contributed by atoms with Gasteiger partial charge in [0.1, 0.15) is 11.4 Å². The van der Waals surface area contributed by atoms with Gasteiger partial charge in [-0.05, 0) is 23.8 Å². The molecule has 2 aliphatic rings. The number of amides is 1. The van der Waals surface area contributed by atoms with Crippen molar-refractivity contribution in [2.75, 3.05) is 18.6 Å². The van der Waals surface area contributed by atoms with Crippen LogP contribution in [0.2, 0.25) is 0 Å².